The molecule has 2 heterocycles. The smallest absolute Gasteiger partial charge is 0.311 e. The Bertz CT molecular complexity index is 1330. The lowest BCUT2D eigenvalue weighted by Gasteiger charge is -2.20. The van der Waals surface area contributed by atoms with Crippen LogP contribution in [0.1, 0.15) is 69.0 Å². The minimum Gasteiger partial charge on any atom is -0.481 e. The third-order valence-electron chi connectivity index (χ3n) is 6.31. The number of carboxylic acid groups (broad SMARTS) is 1. The van der Waals surface area contributed by atoms with Crippen molar-refractivity contribution in [3.63, 3.8) is 0 Å². The average Bonchev–Trinajstić information content (AvgIpc) is 3.17. The molecule has 5 nitrogen and oxygen atoms in total. The van der Waals surface area contributed by atoms with Crippen LogP contribution in [-0.4, -0.2) is 25.7 Å². The van der Waals surface area contributed by atoms with E-state index in [0.29, 0.717) is 6.42 Å². The number of benzene rings is 2. The minimum absolute atomic E-state index is 0.229. The maximum Gasteiger partial charge on any atom is 0.311 e. The van der Waals surface area contributed by atoms with Gasteiger partial charge in [-0.3, -0.25) is 4.79 Å². The zero-order chi connectivity index (χ0) is 24.6. The molecule has 0 bridgehead atoms. The van der Waals surface area contributed by atoms with Gasteiger partial charge in [0.2, 0.25) is 0 Å². The second-order valence-corrected chi connectivity index (χ2v) is 10.1. The number of aryl methyl sites for hydroxylation is 2. The van der Waals surface area contributed by atoms with Gasteiger partial charge in [-0.1, -0.05) is 94.3 Å². The molecule has 0 aliphatic rings. The molecule has 2 aromatic carbocycles. The Morgan fingerprint density at radius 1 is 1.00 bits per heavy atom. The highest BCUT2D eigenvalue weighted by Crippen LogP contribution is 2.40. The molecule has 176 valence electrons. The quantitative estimate of drug-likeness (QED) is 0.342. The van der Waals surface area contributed by atoms with Crippen molar-refractivity contribution < 1.29 is 9.90 Å². The number of aliphatic carboxylic acids is 1. The van der Waals surface area contributed by atoms with Crippen LogP contribution in [0.2, 0.25) is 0 Å². The molecule has 4 rings (SSSR count). The number of carbonyl (C=O) groups is 1. The van der Waals surface area contributed by atoms with Crippen LogP contribution < -0.4 is 0 Å². The number of carboxylic acids is 1. The molecule has 34 heavy (non-hydrogen) atoms. The van der Waals surface area contributed by atoms with Crippen LogP contribution in [0.15, 0.2) is 54.6 Å². The minimum atomic E-state index is -0.828. The Kier molecular flexibility index (Phi) is 6.30. The van der Waals surface area contributed by atoms with Gasteiger partial charge in [-0.2, -0.15) is 5.10 Å². The summed E-state index contributed by atoms with van der Waals surface area (Å²) in [5.74, 6) is -1.48. The topological polar surface area (TPSA) is 67.5 Å². The first kappa shape index (κ1) is 23.7. The standard InChI is InChI=1S/C29H33N3O2/c1-7-11-22(28(33)34)23-19(3)30-27-24(20-12-9-8-10-13-20)26(29(4,5)6)31-32(27)25(23)21-16-14-18(2)15-17-21/h8-10,12-17,22H,7,11H2,1-6H3,(H,33,34). The number of aromatic nitrogens is 3. The van der Waals surface area contributed by atoms with E-state index in [4.69, 9.17) is 10.1 Å². The van der Waals surface area contributed by atoms with Gasteiger partial charge in [0, 0.05) is 22.2 Å². The number of rotatable bonds is 6. The molecule has 2 aromatic heterocycles. The van der Waals surface area contributed by atoms with Gasteiger partial charge in [-0.15, -0.1) is 0 Å². The summed E-state index contributed by atoms with van der Waals surface area (Å²) in [6.07, 6.45) is 1.31. The van der Waals surface area contributed by atoms with Gasteiger partial charge in [0.25, 0.3) is 0 Å². The van der Waals surface area contributed by atoms with E-state index >= 15 is 0 Å². The van der Waals surface area contributed by atoms with E-state index < -0.39 is 11.9 Å². The largest absolute Gasteiger partial charge is 0.481 e. The van der Waals surface area contributed by atoms with Crippen LogP contribution in [-0.2, 0) is 10.2 Å². The molecular weight excluding hydrogens is 422 g/mol. The predicted octanol–water partition coefficient (Wildman–Crippen LogP) is 6.95. The zero-order valence-corrected chi connectivity index (χ0v) is 20.9. The molecule has 0 radical (unpaired) electrons. The molecular formula is C29H33N3O2. The van der Waals surface area contributed by atoms with Crippen LogP contribution in [0.4, 0.5) is 0 Å². The fraction of sp³-hybridized carbons (Fsp3) is 0.345. The van der Waals surface area contributed by atoms with Crippen molar-refractivity contribution >= 4 is 11.6 Å². The van der Waals surface area contributed by atoms with Gasteiger partial charge in [-0.25, -0.2) is 9.50 Å². The Labute approximate surface area is 201 Å². The summed E-state index contributed by atoms with van der Waals surface area (Å²) in [6.45, 7) is 12.4. The molecule has 1 unspecified atom stereocenters. The molecule has 5 heteroatoms. The average molecular weight is 456 g/mol. The summed E-state index contributed by atoms with van der Waals surface area (Å²) < 4.78 is 1.89. The third kappa shape index (κ3) is 4.23. The second-order valence-electron chi connectivity index (χ2n) is 10.1. The van der Waals surface area contributed by atoms with Crippen molar-refractivity contribution in [2.75, 3.05) is 0 Å². The van der Waals surface area contributed by atoms with Crippen LogP contribution in [0.3, 0.4) is 0 Å². The lowest BCUT2D eigenvalue weighted by molar-refractivity contribution is -0.139. The molecule has 0 amide bonds. The van der Waals surface area contributed by atoms with Gasteiger partial charge in [0.05, 0.1) is 22.9 Å². The summed E-state index contributed by atoms with van der Waals surface area (Å²) in [6, 6.07) is 18.4. The maximum atomic E-state index is 12.4. The summed E-state index contributed by atoms with van der Waals surface area (Å²) in [5.41, 5.74) is 7.92. The Morgan fingerprint density at radius 2 is 1.65 bits per heavy atom. The lowest BCUT2D eigenvalue weighted by atomic mass is 9.87. The van der Waals surface area contributed by atoms with E-state index in [1.807, 2.05) is 43.5 Å². The first-order valence-corrected chi connectivity index (χ1v) is 11.9. The monoisotopic (exact) mass is 455 g/mol. The van der Waals surface area contributed by atoms with Crippen molar-refractivity contribution in [3.05, 3.63) is 77.1 Å². The Hall–Kier alpha value is -3.47. The Morgan fingerprint density at radius 3 is 2.21 bits per heavy atom. The molecule has 1 N–H and O–H groups in total. The van der Waals surface area contributed by atoms with Gasteiger partial charge < -0.3 is 5.11 Å². The maximum absolute atomic E-state index is 12.4. The molecule has 0 saturated carbocycles. The third-order valence-corrected chi connectivity index (χ3v) is 6.31. The molecule has 0 fully saturated rings. The van der Waals surface area contributed by atoms with E-state index in [1.54, 1.807) is 0 Å². The number of hydrogen-bond donors (Lipinski definition) is 1. The van der Waals surface area contributed by atoms with Crippen molar-refractivity contribution in [1.82, 2.24) is 14.6 Å². The molecule has 0 saturated heterocycles. The Balaban J connectivity index is 2.18. The highest BCUT2D eigenvalue weighted by molar-refractivity contribution is 5.86. The van der Waals surface area contributed by atoms with Crippen LogP contribution in [0.25, 0.3) is 28.0 Å². The molecule has 4 aromatic rings. The summed E-state index contributed by atoms with van der Waals surface area (Å²) in [5, 5.41) is 15.3. The van der Waals surface area contributed by atoms with Crippen LogP contribution >= 0.6 is 0 Å². The van der Waals surface area contributed by atoms with Gasteiger partial charge in [0.1, 0.15) is 0 Å². The fourth-order valence-electron chi connectivity index (χ4n) is 4.65. The zero-order valence-electron chi connectivity index (χ0n) is 20.9. The van der Waals surface area contributed by atoms with Crippen molar-refractivity contribution in [1.29, 1.82) is 0 Å². The van der Waals surface area contributed by atoms with E-state index in [0.717, 1.165) is 57.0 Å². The van der Waals surface area contributed by atoms with E-state index in [9.17, 15) is 9.90 Å². The van der Waals surface area contributed by atoms with E-state index in [-0.39, 0.29) is 5.41 Å². The SMILES string of the molecule is CCCC(C(=O)O)c1c(C)nc2c(-c3ccccc3)c(C(C)(C)C)nn2c1-c1ccc(C)cc1. The highest BCUT2D eigenvalue weighted by Gasteiger charge is 2.32. The molecule has 0 aliphatic carbocycles. The number of hydrogen-bond acceptors (Lipinski definition) is 3. The van der Waals surface area contributed by atoms with Crippen molar-refractivity contribution in [3.8, 4) is 22.4 Å². The number of fused-ring (bicyclic) bond motifs is 1. The molecule has 1 atom stereocenters. The predicted molar refractivity (Wildman–Crippen MR) is 137 cm³/mol. The highest BCUT2D eigenvalue weighted by atomic mass is 16.4. The molecule has 0 aliphatic heterocycles. The van der Waals surface area contributed by atoms with Gasteiger partial charge in [-0.05, 0) is 25.8 Å². The van der Waals surface area contributed by atoms with Crippen molar-refractivity contribution in [2.45, 2.75) is 65.7 Å². The fourth-order valence-corrected chi connectivity index (χ4v) is 4.65. The van der Waals surface area contributed by atoms with Crippen LogP contribution in [0.5, 0.6) is 0 Å². The van der Waals surface area contributed by atoms with Crippen molar-refractivity contribution in [2.24, 2.45) is 0 Å². The first-order valence-electron chi connectivity index (χ1n) is 11.9. The van der Waals surface area contributed by atoms with E-state index in [1.165, 1.54) is 0 Å². The van der Waals surface area contributed by atoms with Gasteiger partial charge in [0.15, 0.2) is 5.65 Å². The van der Waals surface area contributed by atoms with E-state index in [2.05, 4.69) is 57.2 Å². The summed E-state index contributed by atoms with van der Waals surface area (Å²) >= 11 is 0. The van der Waals surface area contributed by atoms with Gasteiger partial charge >= 0.3 is 5.97 Å². The summed E-state index contributed by atoms with van der Waals surface area (Å²) in [7, 11) is 0. The lowest BCUT2D eigenvalue weighted by Crippen LogP contribution is -2.17. The molecule has 0 spiro atoms. The normalized spacial score (nSPS) is 12.8. The first-order chi connectivity index (χ1) is 16.1. The summed E-state index contributed by atoms with van der Waals surface area (Å²) in [4.78, 5) is 17.4. The van der Waals surface area contributed by atoms with Crippen LogP contribution in [0, 0.1) is 13.8 Å². The number of nitrogens with zero attached hydrogens (tertiary/aromatic N) is 3. The second kappa shape index (κ2) is 9.05.